The maximum absolute atomic E-state index is 10.7. The molecule has 0 saturated carbocycles. The van der Waals surface area contributed by atoms with Gasteiger partial charge in [-0.2, -0.15) is 0 Å². The molecule has 2 aliphatic heterocycles. The number of hydrogen-bond acceptors (Lipinski definition) is 4. The Morgan fingerprint density at radius 2 is 2.00 bits per heavy atom. The fourth-order valence-corrected chi connectivity index (χ4v) is 3.34. The Balaban J connectivity index is 1.78. The highest BCUT2D eigenvalue weighted by atomic mass is 16.6. The van der Waals surface area contributed by atoms with Crippen LogP contribution in [0.4, 0.5) is 11.4 Å². The molecule has 0 spiro atoms. The quantitative estimate of drug-likeness (QED) is 0.670. The van der Waals surface area contributed by atoms with E-state index in [1.54, 1.807) is 12.1 Å². The van der Waals surface area contributed by atoms with Crippen molar-refractivity contribution < 1.29 is 4.92 Å². The van der Waals surface area contributed by atoms with Gasteiger partial charge in [-0.3, -0.25) is 10.1 Å². The van der Waals surface area contributed by atoms with E-state index in [9.17, 15) is 10.1 Å². The highest BCUT2D eigenvalue weighted by Crippen LogP contribution is 2.30. The molecule has 0 aliphatic carbocycles. The van der Waals surface area contributed by atoms with Crippen LogP contribution in [0.2, 0.25) is 0 Å². The molecular formula is C14H19N3O2. The summed E-state index contributed by atoms with van der Waals surface area (Å²) in [5.41, 5.74) is 1.28. The molecule has 2 unspecified atom stereocenters. The van der Waals surface area contributed by atoms with Crippen LogP contribution in [-0.4, -0.2) is 30.1 Å². The highest BCUT2D eigenvalue weighted by molar-refractivity contribution is 5.52. The summed E-state index contributed by atoms with van der Waals surface area (Å²) in [5, 5.41) is 14.3. The van der Waals surface area contributed by atoms with Gasteiger partial charge in [0.15, 0.2) is 0 Å². The third kappa shape index (κ3) is 2.42. The van der Waals surface area contributed by atoms with Crippen molar-refractivity contribution in [1.29, 1.82) is 0 Å². The lowest BCUT2D eigenvalue weighted by Gasteiger charge is -2.31. The molecule has 5 heteroatoms. The largest absolute Gasteiger partial charge is 0.367 e. The predicted octanol–water partition coefficient (Wildman–Crippen LogP) is 2.32. The Hall–Kier alpha value is -1.62. The molecule has 2 saturated heterocycles. The zero-order valence-electron chi connectivity index (χ0n) is 10.9. The van der Waals surface area contributed by atoms with Gasteiger partial charge in [-0.25, -0.2) is 0 Å². The second-order valence-electron chi connectivity index (χ2n) is 5.38. The van der Waals surface area contributed by atoms with Gasteiger partial charge >= 0.3 is 0 Å². The zero-order valence-corrected chi connectivity index (χ0v) is 10.9. The van der Waals surface area contributed by atoms with E-state index in [1.807, 2.05) is 12.1 Å². The van der Waals surface area contributed by atoms with Gasteiger partial charge < -0.3 is 10.2 Å². The Kier molecular flexibility index (Phi) is 3.38. The van der Waals surface area contributed by atoms with Crippen LogP contribution in [0.1, 0.15) is 25.7 Å². The van der Waals surface area contributed by atoms with E-state index in [2.05, 4.69) is 10.2 Å². The molecule has 1 N–H and O–H groups in total. The molecule has 1 aromatic carbocycles. The third-order valence-electron chi connectivity index (χ3n) is 4.25. The van der Waals surface area contributed by atoms with Crippen molar-refractivity contribution in [3.05, 3.63) is 34.4 Å². The molecule has 2 heterocycles. The smallest absolute Gasteiger partial charge is 0.269 e. The van der Waals surface area contributed by atoms with Gasteiger partial charge in [0.05, 0.1) is 4.92 Å². The lowest BCUT2D eigenvalue weighted by Crippen LogP contribution is -2.44. The number of rotatable bonds is 3. The van der Waals surface area contributed by atoms with Crippen LogP contribution in [-0.2, 0) is 0 Å². The van der Waals surface area contributed by atoms with Crippen LogP contribution in [0.25, 0.3) is 0 Å². The number of anilines is 1. The van der Waals surface area contributed by atoms with Crippen molar-refractivity contribution in [2.24, 2.45) is 0 Å². The lowest BCUT2D eigenvalue weighted by atomic mass is 10.0. The summed E-state index contributed by atoms with van der Waals surface area (Å²) in [6, 6.07) is 8.10. The van der Waals surface area contributed by atoms with Crippen LogP contribution in [0, 0.1) is 10.1 Å². The van der Waals surface area contributed by atoms with Crippen molar-refractivity contribution in [2.45, 2.75) is 37.8 Å². The minimum atomic E-state index is -0.343. The number of nitro benzene ring substituents is 1. The monoisotopic (exact) mass is 261 g/mol. The van der Waals surface area contributed by atoms with Gasteiger partial charge in [0, 0.05) is 36.4 Å². The van der Waals surface area contributed by atoms with E-state index in [0.29, 0.717) is 12.1 Å². The van der Waals surface area contributed by atoms with E-state index in [-0.39, 0.29) is 10.6 Å². The number of nitrogens with zero attached hydrogens (tertiary/aromatic N) is 2. The number of benzene rings is 1. The fourth-order valence-electron chi connectivity index (χ4n) is 3.34. The van der Waals surface area contributed by atoms with E-state index in [1.165, 1.54) is 25.7 Å². The Morgan fingerprint density at radius 3 is 2.63 bits per heavy atom. The van der Waals surface area contributed by atoms with E-state index in [4.69, 9.17) is 0 Å². The van der Waals surface area contributed by atoms with Crippen molar-refractivity contribution in [1.82, 2.24) is 5.32 Å². The number of hydrogen-bond donors (Lipinski definition) is 1. The molecule has 3 rings (SSSR count). The summed E-state index contributed by atoms with van der Waals surface area (Å²) in [6.07, 6.45) is 4.93. The maximum atomic E-state index is 10.7. The van der Waals surface area contributed by atoms with E-state index in [0.717, 1.165) is 18.8 Å². The molecule has 0 bridgehead atoms. The molecule has 5 nitrogen and oxygen atoms in total. The summed E-state index contributed by atoms with van der Waals surface area (Å²) >= 11 is 0. The molecule has 2 aliphatic rings. The van der Waals surface area contributed by atoms with Crippen molar-refractivity contribution in [2.75, 3.05) is 18.0 Å². The number of nitro groups is 1. The molecule has 0 radical (unpaired) electrons. The second-order valence-corrected chi connectivity index (χ2v) is 5.38. The molecule has 19 heavy (non-hydrogen) atoms. The SMILES string of the molecule is O=[N+]([O-])c1ccc(N2CCCC2C2CCCN2)cc1. The molecule has 0 aromatic heterocycles. The number of non-ortho nitro benzene ring substituents is 1. The average molecular weight is 261 g/mol. The molecule has 2 atom stereocenters. The van der Waals surface area contributed by atoms with Crippen LogP contribution in [0.3, 0.4) is 0 Å². The summed E-state index contributed by atoms with van der Waals surface area (Å²) in [4.78, 5) is 12.8. The van der Waals surface area contributed by atoms with Crippen LogP contribution in [0.5, 0.6) is 0 Å². The third-order valence-corrected chi connectivity index (χ3v) is 4.25. The summed E-state index contributed by atoms with van der Waals surface area (Å²) < 4.78 is 0. The first kappa shape index (κ1) is 12.4. The first-order chi connectivity index (χ1) is 9.25. The highest BCUT2D eigenvalue weighted by Gasteiger charge is 2.33. The Labute approximate surface area is 112 Å². The normalized spacial score (nSPS) is 26.8. The molecule has 1 aromatic rings. The van der Waals surface area contributed by atoms with Gasteiger partial charge in [-0.05, 0) is 44.4 Å². The van der Waals surface area contributed by atoms with Gasteiger partial charge in [0.25, 0.3) is 5.69 Å². The molecule has 2 fully saturated rings. The summed E-state index contributed by atoms with van der Waals surface area (Å²) in [7, 11) is 0. The second kappa shape index (κ2) is 5.17. The topological polar surface area (TPSA) is 58.4 Å². The number of nitrogens with one attached hydrogen (secondary N) is 1. The minimum Gasteiger partial charge on any atom is -0.367 e. The van der Waals surface area contributed by atoms with Crippen LogP contribution >= 0.6 is 0 Å². The fraction of sp³-hybridized carbons (Fsp3) is 0.571. The lowest BCUT2D eigenvalue weighted by molar-refractivity contribution is -0.384. The van der Waals surface area contributed by atoms with Crippen molar-refractivity contribution in [3.8, 4) is 0 Å². The molecule has 0 amide bonds. The summed E-state index contributed by atoms with van der Waals surface area (Å²) in [5.74, 6) is 0. The first-order valence-electron chi connectivity index (χ1n) is 7.00. The predicted molar refractivity (Wildman–Crippen MR) is 74.5 cm³/mol. The van der Waals surface area contributed by atoms with E-state index < -0.39 is 0 Å². The van der Waals surface area contributed by atoms with Gasteiger partial charge in [-0.1, -0.05) is 0 Å². The van der Waals surface area contributed by atoms with E-state index >= 15 is 0 Å². The first-order valence-corrected chi connectivity index (χ1v) is 7.00. The van der Waals surface area contributed by atoms with Gasteiger partial charge in [0.2, 0.25) is 0 Å². The zero-order chi connectivity index (χ0) is 13.2. The van der Waals surface area contributed by atoms with Crippen LogP contribution < -0.4 is 10.2 Å². The van der Waals surface area contributed by atoms with Crippen LogP contribution in [0.15, 0.2) is 24.3 Å². The standard InChI is InChI=1S/C14H19N3O2/c18-17(19)12-7-5-11(6-8-12)16-10-2-4-14(16)13-3-1-9-15-13/h5-8,13-15H,1-4,9-10H2. The molecular weight excluding hydrogens is 242 g/mol. The van der Waals surface area contributed by atoms with Gasteiger partial charge in [0.1, 0.15) is 0 Å². The Bertz CT molecular complexity index is 454. The maximum Gasteiger partial charge on any atom is 0.269 e. The Morgan fingerprint density at radius 1 is 1.21 bits per heavy atom. The average Bonchev–Trinajstić information content (AvgIpc) is 3.09. The molecule has 102 valence electrons. The summed E-state index contributed by atoms with van der Waals surface area (Å²) in [6.45, 7) is 2.18. The van der Waals surface area contributed by atoms with Crippen molar-refractivity contribution >= 4 is 11.4 Å². The minimum absolute atomic E-state index is 0.165. The van der Waals surface area contributed by atoms with Gasteiger partial charge in [-0.15, -0.1) is 0 Å². The van der Waals surface area contributed by atoms with Crippen molar-refractivity contribution in [3.63, 3.8) is 0 Å².